The van der Waals surface area contributed by atoms with Crippen LogP contribution in [0.25, 0.3) is 0 Å². The first-order valence-electron chi connectivity index (χ1n) is 12.0. The quantitative estimate of drug-likeness (QED) is 0.138. The lowest BCUT2D eigenvalue weighted by Crippen LogP contribution is -1.87. The summed E-state index contributed by atoms with van der Waals surface area (Å²) in [4.78, 5) is 0. The van der Waals surface area contributed by atoms with Crippen molar-refractivity contribution in [1.82, 2.24) is 0 Å². The minimum absolute atomic E-state index is 1.22. The van der Waals surface area contributed by atoms with Crippen LogP contribution in [-0.2, 0) is 0 Å². The van der Waals surface area contributed by atoms with E-state index in [1.165, 1.54) is 139 Å². The Morgan fingerprint density at radius 1 is 0.370 bits per heavy atom. The summed E-state index contributed by atoms with van der Waals surface area (Å²) >= 11 is 0. The van der Waals surface area contributed by atoms with Crippen molar-refractivity contribution in [1.29, 1.82) is 0 Å². The molecule has 0 N–H and O–H groups in total. The molecule has 0 nitrogen and oxygen atoms in total. The van der Waals surface area contributed by atoms with Crippen molar-refractivity contribution < 1.29 is 0 Å². The molecule has 0 unspecified atom stereocenters. The first-order valence-corrected chi connectivity index (χ1v) is 12.0. The molecule has 0 radical (unpaired) electrons. The van der Waals surface area contributed by atoms with Gasteiger partial charge in [-0.25, -0.2) is 0 Å². The lowest BCUT2D eigenvalue weighted by Gasteiger charge is -2.06. The fraction of sp³-hybridized carbons (Fsp3) is 0.778. The molecular weight excluding hydrogens is 324 g/mol. The maximum atomic E-state index is 4.30. The zero-order valence-electron chi connectivity index (χ0n) is 19.1. The summed E-state index contributed by atoms with van der Waals surface area (Å²) < 4.78 is 0. The summed E-state index contributed by atoms with van der Waals surface area (Å²) in [6.45, 7) is 16.5. The van der Waals surface area contributed by atoms with Crippen molar-refractivity contribution in [2.24, 2.45) is 0 Å². The predicted octanol–water partition coefficient (Wildman–Crippen LogP) is 10.1. The van der Waals surface area contributed by atoms with Crippen LogP contribution in [0.5, 0.6) is 0 Å². The van der Waals surface area contributed by atoms with Crippen LogP contribution in [0.4, 0.5) is 0 Å². The van der Waals surface area contributed by atoms with Gasteiger partial charge < -0.3 is 0 Å². The van der Waals surface area contributed by atoms with E-state index >= 15 is 0 Å². The van der Waals surface area contributed by atoms with Crippen LogP contribution in [0.3, 0.4) is 0 Å². The predicted molar refractivity (Wildman–Crippen MR) is 126 cm³/mol. The molecule has 27 heavy (non-hydrogen) atoms. The Morgan fingerprint density at radius 3 is 0.852 bits per heavy atom. The van der Waals surface area contributed by atoms with Gasteiger partial charge >= 0.3 is 0 Å². The molecule has 0 aromatic heterocycles. The van der Waals surface area contributed by atoms with E-state index < -0.39 is 0 Å². The van der Waals surface area contributed by atoms with Crippen molar-refractivity contribution in [3.05, 3.63) is 36.5 Å². The SMILES string of the molecule is C=C(C)CCCCCCCCCCC(=C)CCCCCCCCCC(=C)C. The third-order valence-corrected chi connectivity index (χ3v) is 5.52. The Balaban J connectivity index is 3.20. The normalized spacial score (nSPS) is 10.9. The molecule has 0 spiro atoms. The summed E-state index contributed by atoms with van der Waals surface area (Å²) in [5, 5.41) is 0. The van der Waals surface area contributed by atoms with Crippen molar-refractivity contribution in [3.63, 3.8) is 0 Å². The van der Waals surface area contributed by atoms with Crippen molar-refractivity contribution in [3.8, 4) is 0 Å². The highest BCUT2D eigenvalue weighted by atomic mass is 14.0. The van der Waals surface area contributed by atoms with Gasteiger partial charge in [-0.2, -0.15) is 0 Å². The molecule has 0 fully saturated rings. The third kappa shape index (κ3) is 23.2. The summed E-state index contributed by atoms with van der Waals surface area (Å²) in [7, 11) is 0. The molecule has 0 heteroatoms. The second-order valence-corrected chi connectivity index (χ2v) is 8.97. The van der Waals surface area contributed by atoms with Crippen LogP contribution in [0, 0.1) is 0 Å². The second kappa shape index (κ2) is 20.0. The number of unbranched alkanes of at least 4 members (excludes halogenated alkanes) is 13. The minimum atomic E-state index is 1.22. The topological polar surface area (TPSA) is 0 Å². The number of allylic oxidation sites excluding steroid dienone is 3. The first-order chi connectivity index (χ1) is 13.0. The number of rotatable bonds is 21. The molecule has 0 heterocycles. The maximum Gasteiger partial charge on any atom is -0.0323 e. The Morgan fingerprint density at radius 2 is 0.593 bits per heavy atom. The van der Waals surface area contributed by atoms with Gasteiger partial charge in [-0.3, -0.25) is 0 Å². The van der Waals surface area contributed by atoms with Crippen LogP contribution >= 0.6 is 0 Å². The highest BCUT2D eigenvalue weighted by Crippen LogP contribution is 2.18. The summed E-state index contributed by atoms with van der Waals surface area (Å²) in [5.74, 6) is 0. The average molecular weight is 375 g/mol. The monoisotopic (exact) mass is 374 g/mol. The number of hydrogen-bond donors (Lipinski definition) is 0. The van der Waals surface area contributed by atoms with E-state index in [-0.39, 0.29) is 0 Å². The lowest BCUT2D eigenvalue weighted by molar-refractivity contribution is 0.558. The largest absolute Gasteiger partial charge is 0.100 e. The third-order valence-electron chi connectivity index (χ3n) is 5.52. The molecule has 0 saturated carbocycles. The van der Waals surface area contributed by atoms with Crippen LogP contribution in [-0.4, -0.2) is 0 Å². The number of hydrogen-bond acceptors (Lipinski definition) is 0. The van der Waals surface area contributed by atoms with Crippen LogP contribution in [0.15, 0.2) is 36.5 Å². The summed E-state index contributed by atoms with van der Waals surface area (Å²) in [5.41, 5.74) is 4.17. The van der Waals surface area contributed by atoms with Gasteiger partial charge in [-0.15, -0.1) is 13.2 Å². The van der Waals surface area contributed by atoms with Gasteiger partial charge in [-0.05, 0) is 65.2 Å². The van der Waals surface area contributed by atoms with E-state index in [0.717, 1.165) is 0 Å². The molecule has 0 rings (SSSR count). The van der Waals surface area contributed by atoms with Crippen molar-refractivity contribution in [2.75, 3.05) is 0 Å². The molecule has 0 aromatic rings. The zero-order chi connectivity index (χ0) is 20.2. The van der Waals surface area contributed by atoms with E-state index in [0.29, 0.717) is 0 Å². The van der Waals surface area contributed by atoms with Gasteiger partial charge in [0.15, 0.2) is 0 Å². The second-order valence-electron chi connectivity index (χ2n) is 8.97. The smallest absolute Gasteiger partial charge is 0.0323 e. The first kappa shape index (κ1) is 26.2. The maximum absolute atomic E-state index is 4.30. The van der Waals surface area contributed by atoms with Gasteiger partial charge in [0, 0.05) is 0 Å². The molecule has 158 valence electrons. The van der Waals surface area contributed by atoms with Gasteiger partial charge in [0.25, 0.3) is 0 Å². The van der Waals surface area contributed by atoms with Crippen LogP contribution < -0.4 is 0 Å². The minimum Gasteiger partial charge on any atom is -0.100 e. The Hall–Kier alpha value is -0.780. The van der Waals surface area contributed by atoms with E-state index in [1.54, 1.807) is 0 Å². The molecule has 0 aliphatic rings. The van der Waals surface area contributed by atoms with Crippen molar-refractivity contribution in [2.45, 2.75) is 136 Å². The highest BCUT2D eigenvalue weighted by molar-refractivity contribution is 4.93. The van der Waals surface area contributed by atoms with E-state index in [2.05, 4.69) is 33.6 Å². The Kier molecular flexibility index (Phi) is 19.4. The highest BCUT2D eigenvalue weighted by Gasteiger charge is 1.98. The standard InChI is InChI=1S/C27H50/c1-25(2)21-17-13-9-6-7-11-15-19-23-27(5)24-20-16-12-8-10-14-18-22-26(3)4/h1,3,5-24H2,2,4H3. The van der Waals surface area contributed by atoms with Gasteiger partial charge in [0.05, 0.1) is 0 Å². The fourth-order valence-corrected chi connectivity index (χ4v) is 3.67. The Bertz CT molecular complexity index is 373. The van der Waals surface area contributed by atoms with Crippen LogP contribution in [0.2, 0.25) is 0 Å². The van der Waals surface area contributed by atoms with Crippen LogP contribution in [0.1, 0.15) is 136 Å². The summed E-state index contributed by atoms with van der Waals surface area (Å²) in [6.07, 6.45) is 25.8. The van der Waals surface area contributed by atoms with Gasteiger partial charge in [0.2, 0.25) is 0 Å². The van der Waals surface area contributed by atoms with E-state index in [9.17, 15) is 0 Å². The van der Waals surface area contributed by atoms with Gasteiger partial charge in [0.1, 0.15) is 0 Å². The van der Waals surface area contributed by atoms with E-state index in [4.69, 9.17) is 0 Å². The molecule has 0 aliphatic carbocycles. The molecule has 0 bridgehead atoms. The molecule has 0 aliphatic heterocycles. The summed E-state index contributed by atoms with van der Waals surface area (Å²) in [6, 6.07) is 0. The lowest BCUT2D eigenvalue weighted by atomic mass is 10.00. The molecule has 0 saturated heterocycles. The molecule has 0 atom stereocenters. The zero-order valence-corrected chi connectivity index (χ0v) is 19.1. The van der Waals surface area contributed by atoms with Crippen molar-refractivity contribution >= 4 is 0 Å². The molecule has 0 amide bonds. The van der Waals surface area contributed by atoms with E-state index in [1.807, 2.05) is 0 Å². The Labute approximate surface area is 172 Å². The fourth-order valence-electron chi connectivity index (χ4n) is 3.67. The molecule has 0 aromatic carbocycles. The average Bonchev–Trinajstić information content (AvgIpc) is 2.61. The molecular formula is C27H50. The van der Waals surface area contributed by atoms with Gasteiger partial charge in [-0.1, -0.05) is 93.9 Å².